The number of amides is 1. The Bertz CT molecular complexity index is 927. The lowest BCUT2D eigenvalue weighted by atomic mass is 10.0. The molecule has 1 amide bonds. The van der Waals surface area contributed by atoms with Gasteiger partial charge in [0, 0.05) is 29.4 Å². The number of hydrogen-bond acceptors (Lipinski definition) is 5. The van der Waals surface area contributed by atoms with E-state index in [9.17, 15) is 13.2 Å². The molecule has 0 unspecified atom stereocenters. The number of rotatable bonds is 5. The third-order valence-corrected chi connectivity index (χ3v) is 6.46. The summed E-state index contributed by atoms with van der Waals surface area (Å²) in [6.07, 6.45) is 2.56. The zero-order valence-corrected chi connectivity index (χ0v) is 15.7. The molecule has 1 atom stereocenters. The standard InChI is InChI=1S/C19H22N2O4S/c1-19(8-10-26(23,24)13-19)21-18(22)15-7-9-20-16(12-15)11-14-5-3-4-6-17(14)25-2/h3-7,9,12H,8,10-11,13H2,1-2H3,(H,21,22)/t19-/m0/s1. The summed E-state index contributed by atoms with van der Waals surface area (Å²) >= 11 is 0. The number of hydrogen-bond donors (Lipinski definition) is 1. The number of carbonyl (C=O) groups excluding carboxylic acids is 1. The smallest absolute Gasteiger partial charge is 0.251 e. The first-order chi connectivity index (χ1) is 12.3. The van der Waals surface area contributed by atoms with Crippen LogP contribution in [0.2, 0.25) is 0 Å². The number of ether oxygens (including phenoxy) is 1. The Labute approximate surface area is 153 Å². The van der Waals surface area contributed by atoms with E-state index in [-0.39, 0.29) is 17.4 Å². The highest BCUT2D eigenvalue weighted by molar-refractivity contribution is 7.91. The lowest BCUT2D eigenvalue weighted by molar-refractivity contribution is 0.0915. The lowest BCUT2D eigenvalue weighted by Gasteiger charge is -2.24. The van der Waals surface area contributed by atoms with E-state index >= 15 is 0 Å². The zero-order valence-electron chi connectivity index (χ0n) is 14.9. The number of nitrogens with one attached hydrogen (secondary N) is 1. The number of para-hydroxylation sites is 1. The summed E-state index contributed by atoms with van der Waals surface area (Å²) in [4.78, 5) is 16.9. The maximum absolute atomic E-state index is 12.6. The monoisotopic (exact) mass is 374 g/mol. The van der Waals surface area contributed by atoms with E-state index in [1.54, 1.807) is 32.4 Å². The van der Waals surface area contributed by atoms with Crippen molar-refractivity contribution in [2.45, 2.75) is 25.3 Å². The molecule has 0 aliphatic carbocycles. The van der Waals surface area contributed by atoms with E-state index in [2.05, 4.69) is 10.3 Å². The molecule has 2 heterocycles. The summed E-state index contributed by atoms with van der Waals surface area (Å²) in [6, 6.07) is 11.0. The normalized spacial score (nSPS) is 21.3. The fourth-order valence-electron chi connectivity index (χ4n) is 3.22. The van der Waals surface area contributed by atoms with Crippen molar-refractivity contribution in [2.75, 3.05) is 18.6 Å². The lowest BCUT2D eigenvalue weighted by Crippen LogP contribution is -2.46. The quantitative estimate of drug-likeness (QED) is 0.865. The van der Waals surface area contributed by atoms with Crippen LogP contribution in [-0.2, 0) is 16.3 Å². The largest absolute Gasteiger partial charge is 0.496 e. The molecule has 138 valence electrons. The highest BCUT2D eigenvalue weighted by Crippen LogP contribution is 2.24. The molecule has 0 radical (unpaired) electrons. The second-order valence-corrected chi connectivity index (χ2v) is 9.07. The number of carbonyl (C=O) groups is 1. The summed E-state index contributed by atoms with van der Waals surface area (Å²) in [5, 5.41) is 2.87. The van der Waals surface area contributed by atoms with Crippen LogP contribution in [0, 0.1) is 0 Å². The van der Waals surface area contributed by atoms with Crippen LogP contribution >= 0.6 is 0 Å². The molecule has 1 aliphatic rings. The fraction of sp³-hybridized carbons (Fsp3) is 0.368. The first-order valence-corrected chi connectivity index (χ1v) is 10.2. The van der Waals surface area contributed by atoms with Gasteiger partial charge in [0.25, 0.3) is 5.91 Å². The van der Waals surface area contributed by atoms with Gasteiger partial charge in [-0.25, -0.2) is 8.42 Å². The van der Waals surface area contributed by atoms with Gasteiger partial charge in [-0.3, -0.25) is 9.78 Å². The van der Waals surface area contributed by atoms with Crippen LogP contribution in [0.5, 0.6) is 5.75 Å². The highest BCUT2D eigenvalue weighted by Gasteiger charge is 2.39. The molecule has 2 aromatic rings. The molecule has 1 saturated heterocycles. The third-order valence-electron chi connectivity index (χ3n) is 4.56. The van der Waals surface area contributed by atoms with Crippen molar-refractivity contribution >= 4 is 15.7 Å². The Hall–Kier alpha value is -2.41. The van der Waals surface area contributed by atoms with Crippen LogP contribution < -0.4 is 10.1 Å². The predicted molar refractivity (Wildman–Crippen MR) is 99.2 cm³/mol. The van der Waals surface area contributed by atoms with E-state index in [1.807, 2.05) is 24.3 Å². The minimum absolute atomic E-state index is 0.0229. The van der Waals surface area contributed by atoms with Gasteiger partial charge < -0.3 is 10.1 Å². The van der Waals surface area contributed by atoms with Gasteiger partial charge in [0.15, 0.2) is 9.84 Å². The number of sulfone groups is 1. The van der Waals surface area contributed by atoms with E-state index in [0.717, 1.165) is 17.0 Å². The molecule has 7 heteroatoms. The Balaban J connectivity index is 1.76. The van der Waals surface area contributed by atoms with Gasteiger partial charge in [0.05, 0.1) is 24.2 Å². The molecular formula is C19H22N2O4S. The van der Waals surface area contributed by atoms with Crippen LogP contribution in [-0.4, -0.2) is 43.5 Å². The SMILES string of the molecule is COc1ccccc1Cc1cc(C(=O)N[C@@]2(C)CCS(=O)(=O)C2)ccn1. The highest BCUT2D eigenvalue weighted by atomic mass is 32.2. The first-order valence-electron chi connectivity index (χ1n) is 8.40. The first kappa shape index (κ1) is 18.4. The van der Waals surface area contributed by atoms with Gasteiger partial charge in [-0.05, 0) is 31.5 Å². The van der Waals surface area contributed by atoms with E-state index in [1.165, 1.54) is 0 Å². The molecule has 0 saturated carbocycles. The Morgan fingerprint density at radius 1 is 1.31 bits per heavy atom. The molecule has 1 aliphatic heterocycles. The van der Waals surface area contributed by atoms with E-state index in [0.29, 0.717) is 18.4 Å². The van der Waals surface area contributed by atoms with E-state index < -0.39 is 15.4 Å². The average molecular weight is 374 g/mol. The number of benzene rings is 1. The Kier molecular flexibility index (Phi) is 5.00. The molecule has 1 N–H and O–H groups in total. The molecule has 3 rings (SSSR count). The third kappa shape index (κ3) is 4.22. The predicted octanol–water partition coefficient (Wildman–Crippen LogP) is 1.99. The molecule has 6 nitrogen and oxygen atoms in total. The number of methoxy groups -OCH3 is 1. The topological polar surface area (TPSA) is 85.4 Å². The summed E-state index contributed by atoms with van der Waals surface area (Å²) in [5.41, 5.74) is 1.47. The number of nitrogens with zero attached hydrogens (tertiary/aromatic N) is 1. The second kappa shape index (κ2) is 7.07. The summed E-state index contributed by atoms with van der Waals surface area (Å²) in [6.45, 7) is 1.77. The van der Waals surface area contributed by atoms with Crippen molar-refractivity contribution in [3.8, 4) is 5.75 Å². The molecule has 1 aromatic carbocycles. The van der Waals surface area contributed by atoms with Gasteiger partial charge >= 0.3 is 0 Å². The molecule has 26 heavy (non-hydrogen) atoms. The summed E-state index contributed by atoms with van der Waals surface area (Å²) in [5.74, 6) is 0.575. The van der Waals surface area contributed by atoms with Gasteiger partial charge in [-0.1, -0.05) is 18.2 Å². The van der Waals surface area contributed by atoms with E-state index in [4.69, 9.17) is 4.74 Å². The van der Waals surface area contributed by atoms with Crippen molar-refractivity contribution in [1.82, 2.24) is 10.3 Å². The molecule has 0 spiro atoms. The molecule has 1 aromatic heterocycles. The number of pyridine rings is 1. The molecule has 1 fully saturated rings. The van der Waals surface area contributed by atoms with Crippen LogP contribution in [0.15, 0.2) is 42.6 Å². The van der Waals surface area contributed by atoms with Gasteiger partial charge in [0.2, 0.25) is 0 Å². The summed E-state index contributed by atoms with van der Waals surface area (Å²) in [7, 11) is -1.46. The maximum atomic E-state index is 12.6. The maximum Gasteiger partial charge on any atom is 0.251 e. The van der Waals surface area contributed by atoms with Gasteiger partial charge in [-0.15, -0.1) is 0 Å². The van der Waals surface area contributed by atoms with Crippen molar-refractivity contribution in [3.63, 3.8) is 0 Å². The van der Waals surface area contributed by atoms with Gasteiger partial charge in [0.1, 0.15) is 5.75 Å². The minimum atomic E-state index is -3.08. The van der Waals surface area contributed by atoms with Crippen LogP contribution in [0.4, 0.5) is 0 Å². The Morgan fingerprint density at radius 2 is 2.08 bits per heavy atom. The van der Waals surface area contributed by atoms with Crippen molar-refractivity contribution in [3.05, 3.63) is 59.4 Å². The van der Waals surface area contributed by atoms with Crippen LogP contribution in [0.3, 0.4) is 0 Å². The Morgan fingerprint density at radius 3 is 2.77 bits per heavy atom. The van der Waals surface area contributed by atoms with Gasteiger partial charge in [-0.2, -0.15) is 0 Å². The summed E-state index contributed by atoms with van der Waals surface area (Å²) < 4.78 is 28.8. The minimum Gasteiger partial charge on any atom is -0.496 e. The fourth-order valence-corrected chi connectivity index (χ4v) is 5.31. The van der Waals surface area contributed by atoms with Crippen molar-refractivity contribution in [1.29, 1.82) is 0 Å². The molecular weight excluding hydrogens is 352 g/mol. The second-order valence-electron chi connectivity index (χ2n) is 6.88. The van der Waals surface area contributed by atoms with Crippen LogP contribution in [0.25, 0.3) is 0 Å². The average Bonchev–Trinajstić information content (AvgIpc) is 2.88. The molecule has 0 bridgehead atoms. The van der Waals surface area contributed by atoms with Crippen molar-refractivity contribution < 1.29 is 17.9 Å². The zero-order chi connectivity index (χ0) is 18.8. The van der Waals surface area contributed by atoms with Crippen LogP contribution in [0.1, 0.15) is 35.0 Å². The van der Waals surface area contributed by atoms with Crippen molar-refractivity contribution in [2.24, 2.45) is 0 Å². The number of aromatic nitrogens is 1.